The maximum atomic E-state index is 12.1. The minimum Gasteiger partial charge on any atom is -0.486 e. The maximum absolute atomic E-state index is 12.1. The average molecular weight is 384 g/mol. The first-order valence-corrected chi connectivity index (χ1v) is 8.71. The lowest BCUT2D eigenvalue weighted by atomic mass is 10.2. The first kappa shape index (κ1) is 19.2. The summed E-state index contributed by atoms with van der Waals surface area (Å²) < 4.78 is 16.3. The summed E-state index contributed by atoms with van der Waals surface area (Å²) in [5.41, 5.74) is 0.709. The molecule has 1 aliphatic heterocycles. The summed E-state index contributed by atoms with van der Waals surface area (Å²) in [5, 5.41) is 5.23. The van der Waals surface area contributed by atoms with Crippen molar-refractivity contribution in [1.29, 1.82) is 0 Å². The number of hydrogen-bond donors (Lipinski definition) is 2. The summed E-state index contributed by atoms with van der Waals surface area (Å²) in [6.07, 6.45) is -0.330. The number of amides is 2. The lowest BCUT2D eigenvalue weighted by molar-refractivity contribution is -0.124. The quantitative estimate of drug-likeness (QED) is 0.736. The second-order valence-electron chi connectivity index (χ2n) is 6.14. The van der Waals surface area contributed by atoms with Crippen molar-refractivity contribution in [2.75, 3.05) is 25.1 Å². The predicted octanol–water partition coefficient (Wildman–Crippen LogP) is 1.76. The Bertz CT molecular complexity index is 883. The Morgan fingerprint density at radius 2 is 1.89 bits per heavy atom. The van der Waals surface area contributed by atoms with Crippen LogP contribution in [-0.2, 0) is 14.3 Å². The minimum atomic E-state index is -0.659. The van der Waals surface area contributed by atoms with E-state index in [0.717, 1.165) is 0 Å². The Morgan fingerprint density at radius 1 is 1.11 bits per heavy atom. The largest absolute Gasteiger partial charge is 0.486 e. The van der Waals surface area contributed by atoms with Gasteiger partial charge in [-0.05, 0) is 30.3 Å². The van der Waals surface area contributed by atoms with Crippen molar-refractivity contribution < 1.29 is 28.6 Å². The minimum absolute atomic E-state index is 0.225. The van der Waals surface area contributed by atoms with E-state index in [2.05, 4.69) is 10.6 Å². The predicted molar refractivity (Wildman–Crippen MR) is 100 cm³/mol. The Balaban J connectivity index is 1.43. The molecule has 8 nitrogen and oxygen atoms in total. The molecule has 0 saturated heterocycles. The molecule has 2 amide bonds. The second-order valence-corrected chi connectivity index (χ2v) is 6.14. The normalized spacial score (nSPS) is 14.7. The van der Waals surface area contributed by atoms with E-state index >= 15 is 0 Å². The number of nitrogens with one attached hydrogen (secondary N) is 2. The molecule has 0 spiro atoms. The van der Waals surface area contributed by atoms with Crippen molar-refractivity contribution in [3.63, 3.8) is 0 Å². The lowest BCUT2D eigenvalue weighted by Crippen LogP contribution is -2.42. The Hall–Kier alpha value is -3.55. The van der Waals surface area contributed by atoms with Crippen molar-refractivity contribution in [3.05, 3.63) is 54.1 Å². The van der Waals surface area contributed by atoms with E-state index in [1.807, 2.05) is 18.2 Å². The van der Waals surface area contributed by atoms with Crippen LogP contribution < -0.4 is 20.1 Å². The average Bonchev–Trinajstić information content (AvgIpc) is 2.70. The number of fused-ring (bicyclic) bond motifs is 1. The highest BCUT2D eigenvalue weighted by Crippen LogP contribution is 2.30. The van der Waals surface area contributed by atoms with Gasteiger partial charge in [0.2, 0.25) is 5.91 Å². The fourth-order valence-electron chi connectivity index (χ4n) is 2.58. The molecule has 2 aromatic carbocycles. The number of esters is 1. The molecule has 0 fully saturated rings. The molecule has 0 aliphatic carbocycles. The zero-order valence-electron chi connectivity index (χ0n) is 15.3. The summed E-state index contributed by atoms with van der Waals surface area (Å²) in [7, 11) is 0. The fraction of sp³-hybridized carbons (Fsp3) is 0.250. The molecule has 0 bridgehead atoms. The highest BCUT2D eigenvalue weighted by molar-refractivity contribution is 5.94. The standard InChI is InChI=1S/C20H20N2O6/c1-13(23)22-15-6-4-5-14(9-15)20(25)27-12-19(24)21-10-16-11-26-17-7-2-3-8-18(17)28-16/h2-9,16H,10-12H2,1H3,(H,21,24)(H,22,23). The zero-order chi connectivity index (χ0) is 19.9. The van der Waals surface area contributed by atoms with E-state index in [4.69, 9.17) is 14.2 Å². The van der Waals surface area contributed by atoms with Gasteiger partial charge in [0, 0.05) is 12.6 Å². The van der Waals surface area contributed by atoms with Gasteiger partial charge in [-0.25, -0.2) is 4.79 Å². The van der Waals surface area contributed by atoms with E-state index in [9.17, 15) is 14.4 Å². The molecule has 1 unspecified atom stereocenters. The molecule has 28 heavy (non-hydrogen) atoms. The summed E-state index contributed by atoms with van der Waals surface area (Å²) in [6.45, 7) is 1.48. The van der Waals surface area contributed by atoms with Gasteiger partial charge >= 0.3 is 5.97 Å². The number of benzene rings is 2. The molecule has 2 aromatic rings. The van der Waals surface area contributed by atoms with Gasteiger partial charge in [-0.1, -0.05) is 18.2 Å². The van der Waals surface area contributed by atoms with Gasteiger partial charge in [0.05, 0.1) is 12.1 Å². The van der Waals surface area contributed by atoms with Gasteiger partial charge in [0.1, 0.15) is 12.7 Å². The van der Waals surface area contributed by atoms with Crippen molar-refractivity contribution >= 4 is 23.5 Å². The summed E-state index contributed by atoms with van der Waals surface area (Å²) in [6, 6.07) is 13.6. The smallest absolute Gasteiger partial charge is 0.338 e. The lowest BCUT2D eigenvalue weighted by Gasteiger charge is -2.26. The van der Waals surface area contributed by atoms with Gasteiger partial charge in [-0.15, -0.1) is 0 Å². The van der Waals surface area contributed by atoms with E-state index in [0.29, 0.717) is 23.8 Å². The van der Waals surface area contributed by atoms with Gasteiger partial charge < -0.3 is 24.8 Å². The van der Waals surface area contributed by atoms with Crippen LogP contribution in [0, 0.1) is 0 Å². The van der Waals surface area contributed by atoms with Crippen molar-refractivity contribution in [1.82, 2.24) is 5.32 Å². The molecule has 1 heterocycles. The van der Waals surface area contributed by atoms with Crippen LogP contribution in [0.4, 0.5) is 5.69 Å². The molecule has 3 rings (SSSR count). The molecular formula is C20H20N2O6. The van der Waals surface area contributed by atoms with Crippen molar-refractivity contribution in [2.24, 2.45) is 0 Å². The third-order valence-electron chi connectivity index (χ3n) is 3.85. The van der Waals surface area contributed by atoms with Crippen molar-refractivity contribution in [3.8, 4) is 11.5 Å². The summed E-state index contributed by atoms with van der Waals surface area (Å²) in [5.74, 6) is -0.0669. The van der Waals surface area contributed by atoms with Crippen molar-refractivity contribution in [2.45, 2.75) is 13.0 Å². The Morgan fingerprint density at radius 3 is 2.68 bits per heavy atom. The summed E-state index contributed by atoms with van der Waals surface area (Å²) >= 11 is 0. The van der Waals surface area contributed by atoms with E-state index in [1.54, 1.807) is 18.2 Å². The van der Waals surface area contributed by atoms with Crippen LogP contribution >= 0.6 is 0 Å². The Labute approximate surface area is 161 Å². The van der Waals surface area contributed by atoms with Gasteiger partial charge in [0.25, 0.3) is 5.91 Å². The molecular weight excluding hydrogens is 364 g/mol. The van der Waals surface area contributed by atoms with Crippen LogP contribution in [0.5, 0.6) is 11.5 Å². The number of para-hydroxylation sites is 2. The Kier molecular flexibility index (Phi) is 6.11. The van der Waals surface area contributed by atoms with Gasteiger partial charge in [-0.2, -0.15) is 0 Å². The SMILES string of the molecule is CC(=O)Nc1cccc(C(=O)OCC(=O)NCC2COc3ccccc3O2)c1. The highest BCUT2D eigenvalue weighted by Gasteiger charge is 2.21. The molecule has 8 heteroatoms. The fourth-order valence-corrected chi connectivity index (χ4v) is 2.58. The molecule has 0 aromatic heterocycles. The molecule has 1 aliphatic rings. The number of carbonyl (C=O) groups is 3. The number of ether oxygens (including phenoxy) is 3. The number of carbonyl (C=O) groups excluding carboxylic acids is 3. The monoisotopic (exact) mass is 384 g/mol. The number of rotatable bonds is 6. The zero-order valence-corrected chi connectivity index (χ0v) is 15.3. The van der Waals surface area contributed by atoms with Crippen LogP contribution in [-0.4, -0.2) is 43.6 Å². The van der Waals surface area contributed by atoms with Gasteiger partial charge in [-0.3, -0.25) is 9.59 Å². The van der Waals surface area contributed by atoms with Crippen LogP contribution in [0.25, 0.3) is 0 Å². The third-order valence-corrected chi connectivity index (χ3v) is 3.85. The maximum Gasteiger partial charge on any atom is 0.338 e. The number of anilines is 1. The van der Waals surface area contributed by atoms with Gasteiger partial charge in [0.15, 0.2) is 18.1 Å². The first-order chi connectivity index (χ1) is 13.5. The topological polar surface area (TPSA) is 103 Å². The summed E-state index contributed by atoms with van der Waals surface area (Å²) in [4.78, 5) is 35.1. The van der Waals surface area contributed by atoms with Crippen LogP contribution in [0.1, 0.15) is 17.3 Å². The molecule has 146 valence electrons. The van der Waals surface area contributed by atoms with E-state index < -0.39 is 18.5 Å². The van der Waals surface area contributed by atoms with Crippen LogP contribution in [0.15, 0.2) is 48.5 Å². The third kappa shape index (κ3) is 5.23. The molecule has 0 saturated carbocycles. The molecule has 1 atom stereocenters. The second kappa shape index (κ2) is 8.90. The molecule has 2 N–H and O–H groups in total. The van der Waals surface area contributed by atoms with E-state index in [1.165, 1.54) is 19.1 Å². The molecule has 0 radical (unpaired) electrons. The number of hydrogen-bond acceptors (Lipinski definition) is 6. The van der Waals surface area contributed by atoms with E-state index in [-0.39, 0.29) is 24.1 Å². The van der Waals surface area contributed by atoms with Crippen LogP contribution in [0.2, 0.25) is 0 Å². The highest BCUT2D eigenvalue weighted by atomic mass is 16.6. The first-order valence-electron chi connectivity index (χ1n) is 8.71. The van der Waals surface area contributed by atoms with Crippen LogP contribution in [0.3, 0.4) is 0 Å².